The molecule has 9 N–H and O–H groups in total. The van der Waals surface area contributed by atoms with Crippen LogP contribution in [-0.4, -0.2) is 98.3 Å². The number of carboxylic acids is 1. The summed E-state index contributed by atoms with van der Waals surface area (Å²) in [6.07, 6.45) is 0.826. The number of ether oxygens (including phenoxy) is 2. The number of amides is 5. The van der Waals surface area contributed by atoms with Gasteiger partial charge in [-0.3, -0.25) is 24.0 Å². The van der Waals surface area contributed by atoms with Crippen molar-refractivity contribution in [1.82, 2.24) is 21.3 Å². The third kappa shape index (κ3) is 14.2. The first-order chi connectivity index (χ1) is 16.9. The lowest BCUT2D eigenvalue weighted by Gasteiger charge is -2.23. The van der Waals surface area contributed by atoms with Crippen molar-refractivity contribution in [3.63, 3.8) is 0 Å². The summed E-state index contributed by atoms with van der Waals surface area (Å²) in [5.41, 5.74) is 10.5. The summed E-state index contributed by atoms with van der Waals surface area (Å²) in [6.45, 7) is 3.30. The lowest BCUT2D eigenvalue weighted by atomic mass is 10.1. The maximum absolute atomic E-state index is 12.7. The normalized spacial score (nSPS) is 14.0. The second-order valence-electron chi connectivity index (χ2n) is 7.98. The van der Waals surface area contributed by atoms with E-state index < -0.39 is 66.1 Å². The number of carbonyl (C=O) groups excluding carboxylic acids is 5. The molecular formula is C21H38N6O9. The van der Waals surface area contributed by atoms with Crippen molar-refractivity contribution in [2.75, 3.05) is 33.5 Å². The fourth-order valence-electron chi connectivity index (χ4n) is 2.79. The van der Waals surface area contributed by atoms with Gasteiger partial charge in [-0.25, -0.2) is 4.79 Å². The van der Waals surface area contributed by atoms with E-state index in [0.717, 1.165) is 0 Å². The molecule has 0 spiro atoms. The van der Waals surface area contributed by atoms with Gasteiger partial charge in [-0.2, -0.15) is 0 Å². The molecule has 206 valence electrons. The second kappa shape index (κ2) is 18.0. The monoisotopic (exact) mass is 518 g/mol. The Morgan fingerprint density at radius 1 is 0.833 bits per heavy atom. The van der Waals surface area contributed by atoms with Crippen molar-refractivity contribution < 1.29 is 43.3 Å². The van der Waals surface area contributed by atoms with Crippen molar-refractivity contribution in [3.8, 4) is 0 Å². The summed E-state index contributed by atoms with van der Waals surface area (Å²) in [5, 5.41) is 18.6. The number of nitrogens with two attached hydrogens (primary N) is 2. The van der Waals surface area contributed by atoms with Crippen LogP contribution in [-0.2, 0) is 38.2 Å². The standard InChI is InChI=1S/C21H38N6O9/c1-12(18(30)24-13(2)19(31)27-15(21(33)34)10-16(23)28)25-20(32)14(6-4-5-7-22)26-17(29)11-36-9-8-35-3/h12-15H,4-11,22H2,1-3H3,(H2,23,28)(H,24,30)(H,25,32)(H,26,29)(H,27,31)(H,33,34)/t12-,13-,14-,15-/m0/s1. The van der Waals surface area contributed by atoms with Gasteiger partial charge in [0.15, 0.2) is 0 Å². The van der Waals surface area contributed by atoms with Gasteiger partial charge in [0.2, 0.25) is 29.5 Å². The third-order valence-corrected chi connectivity index (χ3v) is 4.79. The molecule has 0 saturated carbocycles. The second-order valence-corrected chi connectivity index (χ2v) is 7.98. The fraction of sp³-hybridized carbons (Fsp3) is 0.714. The molecule has 15 heteroatoms. The molecule has 0 aromatic rings. The van der Waals surface area contributed by atoms with E-state index in [9.17, 15) is 28.8 Å². The molecule has 0 aliphatic rings. The minimum atomic E-state index is -1.55. The average molecular weight is 519 g/mol. The third-order valence-electron chi connectivity index (χ3n) is 4.79. The zero-order valence-corrected chi connectivity index (χ0v) is 20.8. The Balaban J connectivity index is 4.94. The molecule has 36 heavy (non-hydrogen) atoms. The molecule has 4 atom stereocenters. The number of nitrogens with one attached hydrogen (secondary N) is 4. The summed E-state index contributed by atoms with van der Waals surface area (Å²) >= 11 is 0. The topological polar surface area (TPSA) is 241 Å². The maximum atomic E-state index is 12.7. The molecule has 0 aliphatic heterocycles. The van der Waals surface area contributed by atoms with Crippen LogP contribution in [0.4, 0.5) is 0 Å². The van der Waals surface area contributed by atoms with Crippen molar-refractivity contribution in [2.45, 2.75) is 63.7 Å². The van der Waals surface area contributed by atoms with Gasteiger partial charge in [-0.1, -0.05) is 0 Å². The zero-order valence-electron chi connectivity index (χ0n) is 20.8. The van der Waals surface area contributed by atoms with Crippen molar-refractivity contribution in [2.24, 2.45) is 11.5 Å². The minimum Gasteiger partial charge on any atom is -0.480 e. The van der Waals surface area contributed by atoms with Gasteiger partial charge in [-0.05, 0) is 39.7 Å². The molecule has 0 saturated heterocycles. The molecule has 0 rings (SSSR count). The highest BCUT2D eigenvalue weighted by Crippen LogP contribution is 2.02. The highest BCUT2D eigenvalue weighted by molar-refractivity contribution is 5.95. The van der Waals surface area contributed by atoms with E-state index in [-0.39, 0.29) is 19.6 Å². The number of hydrogen-bond donors (Lipinski definition) is 7. The molecule has 0 aromatic carbocycles. The molecule has 0 aliphatic carbocycles. The molecule has 0 unspecified atom stereocenters. The van der Waals surface area contributed by atoms with Gasteiger partial charge >= 0.3 is 5.97 Å². The van der Waals surface area contributed by atoms with E-state index in [2.05, 4.69) is 21.3 Å². The van der Waals surface area contributed by atoms with Crippen molar-refractivity contribution in [3.05, 3.63) is 0 Å². The van der Waals surface area contributed by atoms with E-state index >= 15 is 0 Å². The first-order valence-electron chi connectivity index (χ1n) is 11.4. The SMILES string of the molecule is COCCOCC(=O)N[C@@H](CCCCN)C(=O)N[C@@H](C)C(=O)N[C@@H](C)C(=O)N[C@@H](CC(N)=O)C(=O)O. The Kier molecular flexibility index (Phi) is 16.4. The van der Waals surface area contributed by atoms with Gasteiger partial charge in [0.05, 0.1) is 19.6 Å². The Bertz CT molecular complexity index is 764. The van der Waals surface area contributed by atoms with Gasteiger partial charge in [0, 0.05) is 7.11 Å². The molecule has 5 amide bonds. The van der Waals surface area contributed by atoms with Crippen molar-refractivity contribution >= 4 is 35.5 Å². The summed E-state index contributed by atoms with van der Waals surface area (Å²) in [4.78, 5) is 71.7. The van der Waals surface area contributed by atoms with Crippen LogP contribution in [0.15, 0.2) is 0 Å². The van der Waals surface area contributed by atoms with E-state index in [1.165, 1.54) is 21.0 Å². The minimum absolute atomic E-state index is 0.201. The summed E-state index contributed by atoms with van der Waals surface area (Å²) in [7, 11) is 1.49. The first-order valence-corrected chi connectivity index (χ1v) is 11.4. The quantitative estimate of drug-likeness (QED) is 0.0841. The largest absolute Gasteiger partial charge is 0.480 e. The number of primary amides is 1. The molecule has 0 aromatic heterocycles. The van der Waals surface area contributed by atoms with Crippen LogP contribution >= 0.6 is 0 Å². The Hall–Kier alpha value is -3.30. The average Bonchev–Trinajstić information content (AvgIpc) is 2.80. The van der Waals surface area contributed by atoms with Crippen LogP contribution < -0.4 is 32.7 Å². The van der Waals surface area contributed by atoms with Gasteiger partial charge in [0.1, 0.15) is 30.8 Å². The Morgan fingerprint density at radius 3 is 1.94 bits per heavy atom. The predicted molar refractivity (Wildman–Crippen MR) is 126 cm³/mol. The number of methoxy groups -OCH3 is 1. The number of rotatable bonds is 19. The highest BCUT2D eigenvalue weighted by atomic mass is 16.5. The Morgan fingerprint density at radius 2 is 1.42 bits per heavy atom. The highest BCUT2D eigenvalue weighted by Gasteiger charge is 2.28. The lowest BCUT2D eigenvalue weighted by molar-refractivity contribution is -0.143. The van der Waals surface area contributed by atoms with Crippen LogP contribution in [0.2, 0.25) is 0 Å². The maximum Gasteiger partial charge on any atom is 0.326 e. The molecule has 0 fully saturated rings. The van der Waals surface area contributed by atoms with Gasteiger partial charge < -0.3 is 47.3 Å². The van der Waals surface area contributed by atoms with E-state index in [1.807, 2.05) is 0 Å². The van der Waals surface area contributed by atoms with Crippen molar-refractivity contribution in [1.29, 1.82) is 0 Å². The molecule has 15 nitrogen and oxygen atoms in total. The number of hydrogen-bond acceptors (Lipinski definition) is 9. The van der Waals surface area contributed by atoms with Crippen LogP contribution in [0, 0.1) is 0 Å². The van der Waals surface area contributed by atoms with Gasteiger partial charge in [-0.15, -0.1) is 0 Å². The van der Waals surface area contributed by atoms with E-state index in [0.29, 0.717) is 26.0 Å². The smallest absolute Gasteiger partial charge is 0.326 e. The lowest BCUT2D eigenvalue weighted by Crippen LogP contribution is -2.56. The van der Waals surface area contributed by atoms with E-state index in [4.69, 9.17) is 26.0 Å². The number of carboxylic acid groups (broad SMARTS) is 1. The predicted octanol–water partition coefficient (Wildman–Crippen LogP) is -3.28. The number of aliphatic carboxylic acids is 1. The van der Waals surface area contributed by atoms with Gasteiger partial charge in [0.25, 0.3) is 0 Å². The molecule has 0 heterocycles. The molecular weight excluding hydrogens is 480 g/mol. The fourth-order valence-corrected chi connectivity index (χ4v) is 2.79. The summed E-state index contributed by atoms with van der Waals surface area (Å²) < 4.78 is 9.96. The van der Waals surface area contributed by atoms with E-state index in [1.54, 1.807) is 0 Å². The Labute approximate surface area is 209 Å². The summed E-state index contributed by atoms with van der Waals surface area (Å²) in [5.74, 6) is -5.13. The zero-order chi connectivity index (χ0) is 27.7. The number of unbranched alkanes of at least 4 members (excludes halogenated alkanes) is 1. The van der Waals surface area contributed by atoms with Crippen LogP contribution in [0.1, 0.15) is 39.5 Å². The van der Waals surface area contributed by atoms with Crippen LogP contribution in [0.3, 0.4) is 0 Å². The first kappa shape index (κ1) is 32.7. The molecule has 0 bridgehead atoms. The summed E-state index contributed by atoms with van der Waals surface area (Å²) in [6, 6.07) is -4.78. The number of carbonyl (C=O) groups is 6. The van der Waals surface area contributed by atoms with Crippen LogP contribution in [0.5, 0.6) is 0 Å². The molecule has 0 radical (unpaired) electrons. The van der Waals surface area contributed by atoms with Crippen LogP contribution in [0.25, 0.3) is 0 Å².